The number of carbonyl (C=O) groups is 1. The average molecular weight is 341 g/mol. The first kappa shape index (κ1) is 17.7. The van der Waals surface area contributed by atoms with Crippen LogP contribution in [-0.4, -0.2) is 67.4 Å². The van der Waals surface area contributed by atoms with Crippen LogP contribution in [0.15, 0.2) is 18.2 Å². The van der Waals surface area contributed by atoms with Gasteiger partial charge in [-0.3, -0.25) is 4.79 Å². The zero-order valence-electron chi connectivity index (χ0n) is 13.7. The molecule has 0 aromatic heterocycles. The maximum absolute atomic E-state index is 11.9. The third-order valence-corrected chi connectivity index (χ3v) is 4.32. The van der Waals surface area contributed by atoms with Crippen molar-refractivity contribution in [2.45, 2.75) is 18.6 Å². The predicted octanol–water partition coefficient (Wildman–Crippen LogP) is 1.41. The summed E-state index contributed by atoms with van der Waals surface area (Å²) in [5, 5.41) is 10.3. The maximum atomic E-state index is 11.9. The minimum atomic E-state index is -0.706. The monoisotopic (exact) mass is 341 g/mol. The maximum Gasteiger partial charge on any atom is 0.232 e. The number of aliphatic hydroxyl groups is 1. The van der Waals surface area contributed by atoms with E-state index in [4.69, 9.17) is 14.2 Å². The van der Waals surface area contributed by atoms with Crippen molar-refractivity contribution in [2.75, 3.05) is 39.3 Å². The van der Waals surface area contributed by atoms with E-state index in [0.29, 0.717) is 42.5 Å². The number of rotatable bonds is 6. The molecule has 7 heteroatoms. The second-order valence-corrected chi connectivity index (χ2v) is 6.17. The highest BCUT2D eigenvalue weighted by atomic mass is 32.2. The Morgan fingerprint density at radius 3 is 2.70 bits per heavy atom. The molecule has 0 bridgehead atoms. The average Bonchev–Trinajstić information content (AvgIpc) is 2.56. The van der Waals surface area contributed by atoms with E-state index < -0.39 is 6.10 Å². The lowest BCUT2D eigenvalue weighted by molar-refractivity contribution is -0.134. The van der Waals surface area contributed by atoms with Crippen LogP contribution < -0.4 is 14.2 Å². The molecule has 1 aromatic carbocycles. The molecule has 1 fully saturated rings. The number of nitrogens with zero attached hydrogens (tertiary/aromatic N) is 1. The lowest BCUT2D eigenvalue weighted by Gasteiger charge is -2.36. The fourth-order valence-corrected chi connectivity index (χ4v) is 2.98. The number of benzene rings is 1. The molecule has 1 heterocycles. The molecule has 23 heavy (non-hydrogen) atoms. The lowest BCUT2D eigenvalue weighted by Crippen LogP contribution is -2.51. The fraction of sp³-hybridized carbons (Fsp3) is 0.562. The van der Waals surface area contributed by atoms with Gasteiger partial charge in [0.15, 0.2) is 11.5 Å². The Morgan fingerprint density at radius 1 is 1.35 bits per heavy atom. The largest absolute Gasteiger partial charge is 0.493 e. The molecule has 1 amide bonds. The lowest BCUT2D eigenvalue weighted by atomic mass is 10.0. The number of methoxy groups -OCH3 is 2. The van der Waals surface area contributed by atoms with Crippen LogP contribution in [0.25, 0.3) is 0 Å². The van der Waals surface area contributed by atoms with Gasteiger partial charge >= 0.3 is 0 Å². The molecule has 1 aliphatic heterocycles. The van der Waals surface area contributed by atoms with E-state index in [0.717, 1.165) is 0 Å². The Bertz CT molecular complexity index is 539. The van der Waals surface area contributed by atoms with Crippen LogP contribution in [0.1, 0.15) is 6.42 Å². The summed E-state index contributed by atoms with van der Waals surface area (Å²) in [6.45, 7) is 0.895. The summed E-state index contributed by atoms with van der Waals surface area (Å²) < 4.78 is 16.3. The topological polar surface area (TPSA) is 68.2 Å². The minimum absolute atomic E-state index is 0.0566. The summed E-state index contributed by atoms with van der Waals surface area (Å²) in [5.74, 6) is 2.30. The van der Waals surface area contributed by atoms with E-state index in [1.807, 2.05) is 6.26 Å². The highest BCUT2D eigenvalue weighted by molar-refractivity contribution is 7.99. The van der Waals surface area contributed by atoms with Crippen molar-refractivity contribution in [1.29, 1.82) is 0 Å². The number of β-amino-alcohol motifs (C(OH)–C–C–N with tert-alkyl or cyclic N) is 1. The number of hydrogen-bond acceptors (Lipinski definition) is 6. The van der Waals surface area contributed by atoms with Crippen molar-refractivity contribution in [2.24, 2.45) is 0 Å². The van der Waals surface area contributed by atoms with Crippen LogP contribution in [-0.2, 0) is 4.79 Å². The number of aliphatic hydroxyl groups excluding tert-OH is 1. The Kier molecular flexibility index (Phi) is 6.41. The van der Waals surface area contributed by atoms with Gasteiger partial charge in [-0.2, -0.15) is 11.8 Å². The van der Waals surface area contributed by atoms with Crippen LogP contribution in [0, 0.1) is 0 Å². The van der Waals surface area contributed by atoms with Crippen molar-refractivity contribution in [3.63, 3.8) is 0 Å². The molecular formula is C16H23NO5S. The smallest absolute Gasteiger partial charge is 0.232 e. The quantitative estimate of drug-likeness (QED) is 0.844. The van der Waals surface area contributed by atoms with Gasteiger partial charge in [0, 0.05) is 19.0 Å². The molecule has 0 spiro atoms. The number of likely N-dealkylation sites (tertiary alicyclic amines) is 1. The summed E-state index contributed by atoms with van der Waals surface area (Å²) in [6, 6.07) is 5.27. The van der Waals surface area contributed by atoms with Gasteiger partial charge in [0.05, 0.1) is 26.5 Å². The molecule has 2 rings (SSSR count). The normalized spacial score (nSPS) is 21.0. The van der Waals surface area contributed by atoms with Crippen LogP contribution in [0.3, 0.4) is 0 Å². The number of piperidine rings is 1. The number of amides is 1. The van der Waals surface area contributed by atoms with E-state index >= 15 is 0 Å². The SMILES string of the molecule is COc1ccc(O[C@@H]2CCN(C(=O)CSC)C[C@H]2O)cc1OC. The van der Waals surface area contributed by atoms with Crippen molar-refractivity contribution in [3.8, 4) is 17.2 Å². The van der Waals surface area contributed by atoms with E-state index in [-0.39, 0.29) is 12.0 Å². The summed E-state index contributed by atoms with van der Waals surface area (Å²) in [5.41, 5.74) is 0. The molecule has 0 radical (unpaired) electrons. The number of carbonyl (C=O) groups excluding carboxylic acids is 1. The summed E-state index contributed by atoms with van der Waals surface area (Å²) in [4.78, 5) is 13.6. The first-order chi connectivity index (χ1) is 11.1. The predicted molar refractivity (Wildman–Crippen MR) is 89.5 cm³/mol. The molecule has 6 nitrogen and oxygen atoms in total. The minimum Gasteiger partial charge on any atom is -0.493 e. The molecule has 0 unspecified atom stereocenters. The van der Waals surface area contributed by atoms with Gasteiger partial charge < -0.3 is 24.2 Å². The Morgan fingerprint density at radius 2 is 2.09 bits per heavy atom. The molecule has 0 aliphatic carbocycles. The molecule has 1 aromatic rings. The van der Waals surface area contributed by atoms with Crippen LogP contribution >= 0.6 is 11.8 Å². The summed E-state index contributed by atoms with van der Waals surface area (Å²) in [7, 11) is 3.13. The van der Waals surface area contributed by atoms with Gasteiger partial charge in [-0.15, -0.1) is 0 Å². The van der Waals surface area contributed by atoms with Crippen molar-refractivity contribution >= 4 is 17.7 Å². The summed E-state index contributed by atoms with van der Waals surface area (Å²) >= 11 is 1.49. The first-order valence-electron chi connectivity index (χ1n) is 7.42. The molecule has 1 N–H and O–H groups in total. The van der Waals surface area contributed by atoms with Crippen LogP contribution in [0.5, 0.6) is 17.2 Å². The van der Waals surface area contributed by atoms with Gasteiger partial charge in [-0.1, -0.05) is 0 Å². The van der Waals surface area contributed by atoms with Crippen molar-refractivity contribution < 1.29 is 24.1 Å². The highest BCUT2D eigenvalue weighted by Gasteiger charge is 2.31. The molecular weight excluding hydrogens is 318 g/mol. The van der Waals surface area contributed by atoms with Gasteiger partial charge in [-0.05, 0) is 18.4 Å². The van der Waals surface area contributed by atoms with Crippen molar-refractivity contribution in [3.05, 3.63) is 18.2 Å². The Hall–Kier alpha value is -1.60. The fourth-order valence-electron chi connectivity index (χ4n) is 2.55. The number of ether oxygens (including phenoxy) is 3. The zero-order chi connectivity index (χ0) is 16.8. The summed E-state index contributed by atoms with van der Waals surface area (Å²) in [6.07, 6.45) is 1.44. The number of hydrogen-bond donors (Lipinski definition) is 1. The molecule has 1 saturated heterocycles. The van der Waals surface area contributed by atoms with Gasteiger partial charge in [0.25, 0.3) is 0 Å². The first-order valence-corrected chi connectivity index (χ1v) is 8.82. The van der Waals surface area contributed by atoms with Gasteiger partial charge in [0.1, 0.15) is 18.0 Å². The second kappa shape index (κ2) is 8.31. The molecule has 128 valence electrons. The van der Waals surface area contributed by atoms with Gasteiger partial charge in [-0.25, -0.2) is 0 Å². The van der Waals surface area contributed by atoms with E-state index in [2.05, 4.69) is 0 Å². The number of thioether (sulfide) groups is 1. The van der Waals surface area contributed by atoms with Gasteiger partial charge in [0.2, 0.25) is 5.91 Å². The Labute approximate surface area is 140 Å². The van der Waals surface area contributed by atoms with Crippen LogP contribution in [0.2, 0.25) is 0 Å². The van der Waals surface area contributed by atoms with Crippen LogP contribution in [0.4, 0.5) is 0 Å². The third-order valence-electron chi connectivity index (χ3n) is 3.78. The van der Waals surface area contributed by atoms with E-state index in [9.17, 15) is 9.90 Å². The highest BCUT2D eigenvalue weighted by Crippen LogP contribution is 2.32. The Balaban J connectivity index is 1.98. The standard InChI is InChI=1S/C16H23NO5S/c1-20-14-5-4-11(8-15(14)21-2)22-13-6-7-17(9-12(13)18)16(19)10-23-3/h4-5,8,12-13,18H,6-7,9-10H2,1-3H3/t12-,13-/m1/s1. The third kappa shape index (κ3) is 4.45. The molecule has 0 saturated carbocycles. The molecule has 2 atom stereocenters. The second-order valence-electron chi connectivity index (χ2n) is 5.30. The van der Waals surface area contributed by atoms with E-state index in [1.54, 1.807) is 37.3 Å². The zero-order valence-corrected chi connectivity index (χ0v) is 14.5. The van der Waals surface area contributed by atoms with E-state index in [1.165, 1.54) is 11.8 Å². The van der Waals surface area contributed by atoms with Crippen molar-refractivity contribution in [1.82, 2.24) is 4.90 Å². The molecule has 1 aliphatic rings.